The van der Waals surface area contributed by atoms with Gasteiger partial charge < -0.3 is 0 Å². The van der Waals surface area contributed by atoms with Gasteiger partial charge >= 0.3 is 0 Å². The van der Waals surface area contributed by atoms with E-state index in [1.54, 1.807) is 0 Å². The summed E-state index contributed by atoms with van der Waals surface area (Å²) in [6.07, 6.45) is 3.09. The molecule has 2 heterocycles. The van der Waals surface area contributed by atoms with Gasteiger partial charge in [-0.15, -0.1) is 0 Å². The second-order valence-electron chi connectivity index (χ2n) is 7.11. The van der Waals surface area contributed by atoms with Crippen LogP contribution >= 0.6 is 23.2 Å². The van der Waals surface area contributed by atoms with Crippen LogP contribution in [-0.4, -0.2) is 53.3 Å². The van der Waals surface area contributed by atoms with Crippen molar-refractivity contribution in [1.29, 1.82) is 0 Å². The molecule has 1 amide bonds. The molecule has 148 valence electrons. The van der Waals surface area contributed by atoms with Crippen molar-refractivity contribution in [3.05, 3.63) is 45.0 Å². The van der Waals surface area contributed by atoms with Crippen LogP contribution in [0.5, 0.6) is 0 Å². The maximum absolute atomic E-state index is 13.0. The topological polar surface area (TPSA) is 96.2 Å². The van der Waals surface area contributed by atoms with Gasteiger partial charge in [0.2, 0.25) is 11.7 Å². The van der Waals surface area contributed by atoms with Crippen molar-refractivity contribution in [3.8, 4) is 0 Å². The fraction of sp³-hybridized carbons (Fsp3) is 0.300. The molecule has 4 rings (SSSR count). The van der Waals surface area contributed by atoms with Crippen LogP contribution in [0.2, 0.25) is 10.0 Å². The largest absolute Gasteiger partial charge is 0.292 e. The van der Waals surface area contributed by atoms with Crippen LogP contribution in [0.3, 0.4) is 0 Å². The summed E-state index contributed by atoms with van der Waals surface area (Å²) in [6, 6.07) is 2.84. The number of Topliss-reactive ketones (excluding diaryl/α,β-unsaturated/α-hetero) is 3. The lowest BCUT2D eigenvalue weighted by Crippen LogP contribution is -2.35. The molecule has 0 bridgehead atoms. The van der Waals surface area contributed by atoms with Crippen molar-refractivity contribution in [2.24, 2.45) is 16.0 Å². The summed E-state index contributed by atoms with van der Waals surface area (Å²) in [7, 11) is 1.45. The molecule has 1 fully saturated rings. The average Bonchev–Trinajstić information content (AvgIpc) is 3.49. The monoisotopic (exact) mass is 431 g/mol. The molecule has 0 N–H and O–H groups in total. The van der Waals surface area contributed by atoms with Gasteiger partial charge in [-0.1, -0.05) is 23.2 Å². The summed E-state index contributed by atoms with van der Waals surface area (Å²) < 4.78 is 0. The van der Waals surface area contributed by atoms with Crippen molar-refractivity contribution in [3.63, 3.8) is 0 Å². The Balaban J connectivity index is 1.69. The quantitative estimate of drug-likeness (QED) is 0.540. The summed E-state index contributed by atoms with van der Waals surface area (Å²) in [5.41, 5.74) is 1.17. The van der Waals surface area contributed by atoms with Gasteiger partial charge in [0.05, 0.1) is 22.0 Å². The number of nitrogens with zero attached hydrogens (tertiary/aromatic N) is 3. The summed E-state index contributed by atoms with van der Waals surface area (Å²) in [4.78, 5) is 52.8. The zero-order valence-corrected chi connectivity index (χ0v) is 16.9. The summed E-state index contributed by atoms with van der Waals surface area (Å²) in [5, 5.41) is 5.13. The average molecular weight is 432 g/mol. The highest BCUT2D eigenvalue weighted by Gasteiger charge is 2.34. The van der Waals surface area contributed by atoms with E-state index in [-0.39, 0.29) is 51.7 Å². The lowest BCUT2D eigenvalue weighted by Gasteiger charge is -2.19. The molecule has 0 unspecified atom stereocenters. The Morgan fingerprint density at radius 2 is 1.76 bits per heavy atom. The third kappa shape index (κ3) is 3.68. The number of carbonyl (C=O) groups excluding carboxylic acids is 4. The van der Waals surface area contributed by atoms with Gasteiger partial charge in [0.25, 0.3) is 0 Å². The van der Waals surface area contributed by atoms with Gasteiger partial charge in [-0.2, -0.15) is 5.10 Å². The Bertz CT molecular complexity index is 1060. The minimum atomic E-state index is -0.485. The first kappa shape index (κ1) is 19.7. The second kappa shape index (κ2) is 7.31. The number of hydrogen-bond acceptors (Lipinski definition) is 6. The summed E-state index contributed by atoms with van der Waals surface area (Å²) >= 11 is 12.7. The van der Waals surface area contributed by atoms with E-state index in [1.165, 1.54) is 25.3 Å². The van der Waals surface area contributed by atoms with Gasteiger partial charge in [0, 0.05) is 18.2 Å². The van der Waals surface area contributed by atoms with Gasteiger partial charge in [-0.3, -0.25) is 24.2 Å². The van der Waals surface area contributed by atoms with E-state index in [4.69, 9.17) is 23.2 Å². The third-order valence-corrected chi connectivity index (χ3v) is 5.58. The normalized spacial score (nSPS) is 19.8. The van der Waals surface area contributed by atoms with E-state index in [0.29, 0.717) is 11.1 Å². The molecule has 0 atom stereocenters. The number of ketones is 3. The Hall–Kier alpha value is -2.64. The molecule has 0 spiro atoms. The predicted octanol–water partition coefficient (Wildman–Crippen LogP) is 2.67. The van der Waals surface area contributed by atoms with Gasteiger partial charge in [0.1, 0.15) is 18.0 Å². The van der Waals surface area contributed by atoms with Crippen LogP contribution in [0.4, 0.5) is 0 Å². The molecule has 9 heteroatoms. The van der Waals surface area contributed by atoms with E-state index >= 15 is 0 Å². The van der Waals surface area contributed by atoms with Crippen molar-refractivity contribution in [2.75, 3.05) is 13.6 Å². The Labute approximate surface area is 176 Å². The number of hydrazone groups is 1. The lowest BCUT2D eigenvalue weighted by atomic mass is 9.95. The molecule has 29 heavy (non-hydrogen) atoms. The molecule has 0 radical (unpaired) electrons. The Morgan fingerprint density at radius 1 is 1.10 bits per heavy atom. The lowest BCUT2D eigenvalue weighted by molar-refractivity contribution is -0.134. The van der Waals surface area contributed by atoms with Crippen LogP contribution in [0.25, 0.3) is 0 Å². The molecule has 7 nitrogen and oxygen atoms in total. The molecule has 1 aromatic carbocycles. The maximum Gasteiger partial charge on any atom is 0.250 e. The number of rotatable bonds is 4. The molecule has 0 saturated heterocycles. The highest BCUT2D eigenvalue weighted by molar-refractivity contribution is 6.56. The van der Waals surface area contributed by atoms with Crippen molar-refractivity contribution >= 4 is 57.9 Å². The molecular weight excluding hydrogens is 417 g/mol. The predicted molar refractivity (Wildman–Crippen MR) is 108 cm³/mol. The van der Waals surface area contributed by atoms with Crippen LogP contribution in [0.15, 0.2) is 33.9 Å². The zero-order valence-electron chi connectivity index (χ0n) is 15.4. The van der Waals surface area contributed by atoms with Gasteiger partial charge in [-0.05, 0) is 37.0 Å². The molecule has 3 aliphatic rings. The van der Waals surface area contributed by atoms with E-state index < -0.39 is 17.5 Å². The van der Waals surface area contributed by atoms with Crippen LogP contribution < -0.4 is 0 Å². The molecular formula is C20H15Cl2N3O4. The van der Waals surface area contributed by atoms with Crippen molar-refractivity contribution in [2.45, 2.75) is 19.3 Å². The zero-order chi connectivity index (χ0) is 20.9. The SMILES string of the molecule is CN1N=C(c2cc(Cl)c(C(=O)C3=NCC(=O)C(C4CC4)=C3)c(Cl)c2)C(=O)CC1=O. The first-order chi connectivity index (χ1) is 13.8. The number of allylic oxidation sites excluding steroid dienone is 1. The van der Waals surface area contributed by atoms with E-state index in [9.17, 15) is 19.2 Å². The molecule has 1 saturated carbocycles. The summed E-state index contributed by atoms with van der Waals surface area (Å²) in [5.74, 6) is -1.22. The van der Waals surface area contributed by atoms with E-state index in [0.717, 1.165) is 17.9 Å². The fourth-order valence-corrected chi connectivity index (χ4v) is 3.93. The second-order valence-corrected chi connectivity index (χ2v) is 7.92. The minimum absolute atomic E-state index is 0.0357. The fourth-order valence-electron chi connectivity index (χ4n) is 3.27. The highest BCUT2D eigenvalue weighted by atomic mass is 35.5. The van der Waals surface area contributed by atoms with Crippen LogP contribution in [0.1, 0.15) is 35.2 Å². The number of carbonyl (C=O) groups is 4. The van der Waals surface area contributed by atoms with E-state index in [2.05, 4.69) is 10.1 Å². The number of halogens is 2. The number of amides is 1. The minimum Gasteiger partial charge on any atom is -0.292 e. The standard InChI is InChI=1S/C20H15Cl2N3O4/c1-25-17(28)7-15(26)19(24-25)10-4-12(21)18(13(22)5-10)20(29)14-6-11(9-2-3-9)16(27)8-23-14/h4-6,9H,2-3,7-8H2,1H3. The molecule has 1 aromatic rings. The smallest absolute Gasteiger partial charge is 0.250 e. The number of aliphatic imine (C=N–C) groups is 1. The summed E-state index contributed by atoms with van der Waals surface area (Å²) in [6.45, 7) is -0.0671. The van der Waals surface area contributed by atoms with Gasteiger partial charge in [0.15, 0.2) is 11.6 Å². The van der Waals surface area contributed by atoms with Gasteiger partial charge in [-0.25, -0.2) is 5.01 Å². The number of benzene rings is 1. The highest BCUT2D eigenvalue weighted by Crippen LogP contribution is 2.38. The van der Waals surface area contributed by atoms with Crippen LogP contribution in [0, 0.1) is 5.92 Å². The maximum atomic E-state index is 13.0. The van der Waals surface area contributed by atoms with Crippen molar-refractivity contribution < 1.29 is 19.2 Å². The number of dihydropyridines is 1. The molecule has 1 aliphatic carbocycles. The number of hydrogen-bond donors (Lipinski definition) is 0. The first-order valence-electron chi connectivity index (χ1n) is 8.98. The van der Waals surface area contributed by atoms with Crippen molar-refractivity contribution in [1.82, 2.24) is 5.01 Å². The van der Waals surface area contributed by atoms with E-state index in [1.807, 2.05) is 0 Å². The molecule has 0 aromatic heterocycles. The molecule has 2 aliphatic heterocycles. The first-order valence-corrected chi connectivity index (χ1v) is 9.73. The Morgan fingerprint density at radius 3 is 2.38 bits per heavy atom. The third-order valence-electron chi connectivity index (χ3n) is 4.99. The van der Waals surface area contributed by atoms with Crippen LogP contribution in [-0.2, 0) is 14.4 Å². The Kier molecular flexibility index (Phi) is 4.96.